The number of hydrogen-bond donors (Lipinski definition) is 0. The third kappa shape index (κ3) is 5.00. The van der Waals surface area contributed by atoms with Crippen LogP contribution in [0.1, 0.15) is 92.9 Å². The van der Waals surface area contributed by atoms with Gasteiger partial charge in [0.15, 0.2) is 0 Å². The molecule has 0 aliphatic heterocycles. The maximum atomic E-state index is 4.35. The lowest BCUT2D eigenvalue weighted by Crippen LogP contribution is -2.35. The molecule has 0 nitrogen and oxygen atoms in total. The monoisotopic (exact) mass is 394 g/mol. The van der Waals surface area contributed by atoms with Gasteiger partial charge in [-0.15, -0.1) is 0 Å². The molecule has 0 heteroatoms. The molecule has 0 aromatic carbocycles. The van der Waals surface area contributed by atoms with Crippen molar-refractivity contribution in [1.82, 2.24) is 0 Å². The lowest BCUT2D eigenvalue weighted by Gasteiger charge is -2.44. The molecule has 0 bridgehead atoms. The van der Waals surface area contributed by atoms with Crippen LogP contribution in [0.15, 0.2) is 47.6 Å². The van der Waals surface area contributed by atoms with Crippen molar-refractivity contribution < 1.29 is 0 Å². The molecule has 0 saturated heterocycles. The van der Waals surface area contributed by atoms with E-state index in [1.165, 1.54) is 62.5 Å². The molecule has 3 saturated carbocycles. The molecule has 6 atom stereocenters. The molecule has 0 aromatic rings. The Morgan fingerprint density at radius 2 is 1.76 bits per heavy atom. The summed E-state index contributed by atoms with van der Waals surface area (Å²) < 4.78 is 0. The zero-order valence-corrected chi connectivity index (χ0v) is 20.1. The van der Waals surface area contributed by atoms with Crippen LogP contribution in [0, 0.1) is 40.9 Å². The minimum absolute atomic E-state index is 0.490. The van der Waals surface area contributed by atoms with Crippen LogP contribution in [0.3, 0.4) is 0 Å². The van der Waals surface area contributed by atoms with Gasteiger partial charge in [-0.1, -0.05) is 83.6 Å². The van der Waals surface area contributed by atoms with E-state index in [2.05, 4.69) is 72.4 Å². The van der Waals surface area contributed by atoms with E-state index >= 15 is 0 Å². The van der Waals surface area contributed by atoms with Crippen molar-refractivity contribution in [1.29, 1.82) is 0 Å². The fraction of sp³-hybridized carbons (Fsp3) is 0.724. The van der Waals surface area contributed by atoms with Crippen LogP contribution < -0.4 is 0 Å². The maximum absolute atomic E-state index is 4.35. The second kappa shape index (κ2) is 9.40. The van der Waals surface area contributed by atoms with Crippen molar-refractivity contribution >= 4 is 0 Å². The van der Waals surface area contributed by atoms with Crippen molar-refractivity contribution in [2.45, 2.75) is 92.9 Å². The van der Waals surface area contributed by atoms with Gasteiger partial charge in [-0.05, 0) is 97.9 Å². The first-order chi connectivity index (χ1) is 13.7. The summed E-state index contributed by atoms with van der Waals surface area (Å²) in [6, 6.07) is 0. The van der Waals surface area contributed by atoms with Gasteiger partial charge in [-0.3, -0.25) is 0 Å². The van der Waals surface area contributed by atoms with Crippen LogP contribution in [0.2, 0.25) is 0 Å². The van der Waals surface area contributed by atoms with Crippen molar-refractivity contribution in [2.75, 3.05) is 0 Å². The molecular formula is C29H46. The molecule has 3 aliphatic carbocycles. The predicted molar refractivity (Wildman–Crippen MR) is 129 cm³/mol. The number of fused-ring (bicyclic) bond motifs is 1. The minimum Gasteiger partial charge on any atom is -0.0956 e. The van der Waals surface area contributed by atoms with E-state index in [1.54, 1.807) is 5.57 Å². The van der Waals surface area contributed by atoms with E-state index in [-0.39, 0.29) is 0 Å². The molecule has 0 amide bonds. The van der Waals surface area contributed by atoms with Crippen LogP contribution >= 0.6 is 0 Å². The van der Waals surface area contributed by atoms with E-state index < -0.39 is 0 Å². The molecule has 0 radical (unpaired) electrons. The van der Waals surface area contributed by atoms with Crippen LogP contribution in [-0.2, 0) is 0 Å². The largest absolute Gasteiger partial charge is 0.0956 e. The third-order valence-electron chi connectivity index (χ3n) is 8.90. The quantitative estimate of drug-likeness (QED) is 0.408. The zero-order chi connectivity index (χ0) is 21.2. The molecule has 0 aromatic heterocycles. The molecule has 6 unspecified atom stereocenters. The summed E-state index contributed by atoms with van der Waals surface area (Å²) in [7, 11) is 0. The Bertz CT molecular complexity index is 672. The molecule has 0 spiro atoms. The fourth-order valence-electron chi connectivity index (χ4n) is 6.45. The Kier molecular flexibility index (Phi) is 7.34. The van der Waals surface area contributed by atoms with E-state index in [0.717, 1.165) is 23.7 Å². The smallest absolute Gasteiger partial charge is 0.0143 e. The second-order valence-electron chi connectivity index (χ2n) is 11.3. The van der Waals surface area contributed by atoms with Gasteiger partial charge in [-0.2, -0.15) is 0 Å². The summed E-state index contributed by atoms with van der Waals surface area (Å²) in [5.41, 5.74) is 5.15. The average molecular weight is 395 g/mol. The van der Waals surface area contributed by atoms with Gasteiger partial charge in [0.2, 0.25) is 0 Å². The zero-order valence-electron chi connectivity index (χ0n) is 20.1. The Morgan fingerprint density at radius 1 is 1.00 bits per heavy atom. The third-order valence-corrected chi connectivity index (χ3v) is 8.90. The number of rotatable bonds is 5. The Hall–Kier alpha value is -1.04. The predicted octanol–water partition coefficient (Wildman–Crippen LogP) is 8.92. The van der Waals surface area contributed by atoms with Crippen molar-refractivity contribution in [2.24, 2.45) is 40.9 Å². The topological polar surface area (TPSA) is 0 Å². The highest BCUT2D eigenvalue weighted by molar-refractivity contribution is 5.36. The second-order valence-corrected chi connectivity index (χ2v) is 11.3. The van der Waals surface area contributed by atoms with Gasteiger partial charge in [-0.25, -0.2) is 0 Å². The summed E-state index contributed by atoms with van der Waals surface area (Å²) in [6.45, 7) is 18.9. The molecule has 29 heavy (non-hydrogen) atoms. The maximum Gasteiger partial charge on any atom is -0.0143 e. The Labute approximate surface area is 181 Å². The van der Waals surface area contributed by atoms with Crippen LogP contribution in [0.4, 0.5) is 0 Å². The highest BCUT2D eigenvalue weighted by Gasteiger charge is 2.50. The number of hydrogen-bond acceptors (Lipinski definition) is 0. The van der Waals surface area contributed by atoms with Gasteiger partial charge in [0, 0.05) is 0 Å². The summed E-state index contributed by atoms with van der Waals surface area (Å²) in [5, 5.41) is 0. The van der Waals surface area contributed by atoms with Crippen LogP contribution in [0.25, 0.3) is 0 Å². The summed E-state index contributed by atoms with van der Waals surface area (Å²) >= 11 is 0. The van der Waals surface area contributed by atoms with Crippen LogP contribution in [0.5, 0.6) is 0 Å². The first-order valence-electron chi connectivity index (χ1n) is 12.5. The van der Waals surface area contributed by atoms with Crippen molar-refractivity contribution in [3.05, 3.63) is 47.6 Å². The van der Waals surface area contributed by atoms with Crippen molar-refractivity contribution in [3.8, 4) is 0 Å². The fourth-order valence-corrected chi connectivity index (χ4v) is 6.45. The first-order valence-corrected chi connectivity index (χ1v) is 12.5. The molecular weight excluding hydrogens is 348 g/mol. The standard InChI is InChI=1S/C29H46/c1-20(2)22(4)12-13-24(6)27-16-17-28-25(9-8-18-29(27,28)7)14-15-26-19-21(3)10-11-23(26)5/h12-15,20-22,24,27-28H,5,8-11,16-19H2,1-4,6-7H3/b13-12+,25-14+,26-15+. The lowest BCUT2D eigenvalue weighted by atomic mass is 9.61. The molecule has 3 aliphatic rings. The molecule has 0 heterocycles. The molecule has 3 rings (SSSR count). The Morgan fingerprint density at radius 3 is 2.48 bits per heavy atom. The van der Waals surface area contributed by atoms with E-state index in [9.17, 15) is 0 Å². The summed E-state index contributed by atoms with van der Waals surface area (Å²) in [4.78, 5) is 0. The van der Waals surface area contributed by atoms with E-state index in [1.807, 2.05) is 0 Å². The first kappa shape index (κ1) is 22.6. The van der Waals surface area contributed by atoms with Gasteiger partial charge in [0.25, 0.3) is 0 Å². The van der Waals surface area contributed by atoms with E-state index in [4.69, 9.17) is 0 Å². The average Bonchev–Trinajstić information content (AvgIpc) is 3.04. The SMILES string of the molecule is C=C1CCC(C)C/C1=C\C=C1/CCCC2(C)C1CCC2C(C)/C=C/C(C)C(C)C. The normalized spacial score (nSPS) is 38.2. The van der Waals surface area contributed by atoms with Gasteiger partial charge in [0.05, 0.1) is 0 Å². The highest BCUT2D eigenvalue weighted by Crippen LogP contribution is 2.59. The summed E-state index contributed by atoms with van der Waals surface area (Å²) in [5.74, 6) is 4.57. The molecule has 3 fully saturated rings. The number of allylic oxidation sites excluding steroid dienone is 7. The molecule has 162 valence electrons. The Balaban J connectivity index is 1.75. The van der Waals surface area contributed by atoms with Gasteiger partial charge < -0.3 is 0 Å². The highest BCUT2D eigenvalue weighted by atomic mass is 14.5. The van der Waals surface area contributed by atoms with Gasteiger partial charge in [0.1, 0.15) is 0 Å². The minimum atomic E-state index is 0.490. The van der Waals surface area contributed by atoms with Crippen LogP contribution in [-0.4, -0.2) is 0 Å². The van der Waals surface area contributed by atoms with Crippen molar-refractivity contribution in [3.63, 3.8) is 0 Å². The van der Waals surface area contributed by atoms with E-state index in [0.29, 0.717) is 17.3 Å². The summed E-state index contributed by atoms with van der Waals surface area (Å²) in [6.07, 6.45) is 20.7. The molecule has 0 N–H and O–H groups in total. The van der Waals surface area contributed by atoms with Gasteiger partial charge >= 0.3 is 0 Å². The lowest BCUT2D eigenvalue weighted by molar-refractivity contribution is 0.112.